The minimum atomic E-state index is -0.999. The van der Waals surface area contributed by atoms with Crippen molar-refractivity contribution in [2.75, 3.05) is 14.2 Å². The van der Waals surface area contributed by atoms with Gasteiger partial charge < -0.3 is 9.47 Å². The van der Waals surface area contributed by atoms with Crippen molar-refractivity contribution in [3.05, 3.63) is 52.6 Å². The molecule has 0 N–H and O–H groups in total. The van der Waals surface area contributed by atoms with E-state index < -0.39 is 5.79 Å². The van der Waals surface area contributed by atoms with Gasteiger partial charge in [0.1, 0.15) is 0 Å². The SMILES string of the molecule is COC1(OC)C=CC2=Nc3c(ccc(C)c3C)C(=O)C2=C1. The molecule has 1 aromatic rings. The second-order valence-corrected chi connectivity index (χ2v) is 5.25. The first-order chi connectivity index (χ1) is 10.0. The second-order valence-electron chi connectivity index (χ2n) is 5.25. The van der Waals surface area contributed by atoms with Crippen LogP contribution in [-0.2, 0) is 9.47 Å². The number of methoxy groups -OCH3 is 2. The Morgan fingerprint density at radius 1 is 1.14 bits per heavy atom. The van der Waals surface area contributed by atoms with E-state index in [2.05, 4.69) is 4.99 Å². The highest BCUT2D eigenvalue weighted by atomic mass is 16.7. The second kappa shape index (κ2) is 4.76. The van der Waals surface area contributed by atoms with Crippen molar-refractivity contribution >= 4 is 17.2 Å². The lowest BCUT2D eigenvalue weighted by atomic mass is 9.87. The summed E-state index contributed by atoms with van der Waals surface area (Å²) in [4.78, 5) is 17.4. The van der Waals surface area contributed by atoms with Gasteiger partial charge in [0.25, 0.3) is 0 Å². The van der Waals surface area contributed by atoms with Crippen molar-refractivity contribution in [3.63, 3.8) is 0 Å². The molecule has 0 unspecified atom stereocenters. The van der Waals surface area contributed by atoms with E-state index in [1.807, 2.05) is 26.0 Å². The fourth-order valence-electron chi connectivity index (χ4n) is 2.62. The van der Waals surface area contributed by atoms with Crippen molar-refractivity contribution in [3.8, 4) is 0 Å². The Hall–Kier alpha value is -2.04. The minimum absolute atomic E-state index is 0.0408. The average molecular weight is 283 g/mol. The first-order valence-electron chi connectivity index (χ1n) is 6.77. The van der Waals surface area contributed by atoms with Crippen LogP contribution in [0.3, 0.4) is 0 Å². The maximum atomic E-state index is 12.7. The van der Waals surface area contributed by atoms with Crippen molar-refractivity contribution < 1.29 is 14.3 Å². The maximum Gasteiger partial charge on any atom is 0.208 e. The normalized spacial score (nSPS) is 18.8. The number of fused-ring (bicyclic) bond motifs is 2. The number of ketones is 1. The summed E-state index contributed by atoms with van der Waals surface area (Å²) in [7, 11) is 3.09. The number of ether oxygens (including phenoxy) is 2. The van der Waals surface area contributed by atoms with Gasteiger partial charge in [-0.15, -0.1) is 0 Å². The largest absolute Gasteiger partial charge is 0.346 e. The van der Waals surface area contributed by atoms with Crippen LogP contribution in [0.2, 0.25) is 0 Å². The predicted molar refractivity (Wildman–Crippen MR) is 81.3 cm³/mol. The number of aryl methyl sites for hydroxylation is 1. The summed E-state index contributed by atoms with van der Waals surface area (Å²) in [6, 6.07) is 3.78. The van der Waals surface area contributed by atoms with Gasteiger partial charge in [-0.3, -0.25) is 4.79 Å². The molecule has 4 heteroatoms. The molecule has 0 spiro atoms. The third kappa shape index (κ3) is 1.99. The Bertz CT molecular complexity index is 722. The van der Waals surface area contributed by atoms with Gasteiger partial charge in [0.05, 0.1) is 11.4 Å². The molecule has 0 saturated heterocycles. The molecule has 4 nitrogen and oxygen atoms in total. The number of allylic oxidation sites excluding steroid dienone is 2. The van der Waals surface area contributed by atoms with Crippen LogP contribution in [0, 0.1) is 13.8 Å². The van der Waals surface area contributed by atoms with E-state index in [-0.39, 0.29) is 5.78 Å². The van der Waals surface area contributed by atoms with Crippen molar-refractivity contribution in [1.29, 1.82) is 0 Å². The summed E-state index contributed by atoms with van der Waals surface area (Å²) in [6.45, 7) is 4.00. The van der Waals surface area contributed by atoms with Gasteiger partial charge in [-0.2, -0.15) is 0 Å². The highest BCUT2D eigenvalue weighted by Crippen LogP contribution is 2.36. The molecular formula is C17H17NO3. The number of benzene rings is 1. The summed E-state index contributed by atoms with van der Waals surface area (Å²) in [5.41, 5.74) is 4.74. The van der Waals surface area contributed by atoms with E-state index in [1.54, 1.807) is 32.4 Å². The van der Waals surface area contributed by atoms with Crippen LogP contribution in [0.4, 0.5) is 5.69 Å². The van der Waals surface area contributed by atoms with Crippen LogP contribution in [0.25, 0.3) is 0 Å². The third-order valence-electron chi connectivity index (χ3n) is 4.16. The molecule has 1 aromatic carbocycles. The summed E-state index contributed by atoms with van der Waals surface area (Å²) >= 11 is 0. The first kappa shape index (κ1) is 13.9. The van der Waals surface area contributed by atoms with Gasteiger partial charge in [-0.1, -0.05) is 6.07 Å². The highest BCUT2D eigenvalue weighted by molar-refractivity contribution is 6.35. The minimum Gasteiger partial charge on any atom is -0.346 e. The molecule has 0 atom stereocenters. The first-order valence-corrected chi connectivity index (χ1v) is 6.77. The molecule has 0 radical (unpaired) electrons. The molecule has 0 aromatic heterocycles. The molecule has 0 fully saturated rings. The van der Waals surface area contributed by atoms with E-state index >= 15 is 0 Å². The zero-order valence-electron chi connectivity index (χ0n) is 12.6. The number of hydrogen-bond acceptors (Lipinski definition) is 4. The smallest absolute Gasteiger partial charge is 0.208 e. The van der Waals surface area contributed by atoms with Crippen molar-refractivity contribution in [2.45, 2.75) is 19.6 Å². The number of Topliss-reactive ketones (excluding diaryl/α,β-unsaturated/α-hetero) is 1. The van der Waals surface area contributed by atoms with Crippen LogP contribution < -0.4 is 0 Å². The molecule has 1 aliphatic carbocycles. The molecule has 2 aliphatic rings. The lowest BCUT2D eigenvalue weighted by Crippen LogP contribution is -2.34. The van der Waals surface area contributed by atoms with Crippen LogP contribution in [0.15, 0.2) is 40.9 Å². The van der Waals surface area contributed by atoms with Crippen LogP contribution in [0.1, 0.15) is 21.5 Å². The van der Waals surface area contributed by atoms with E-state index in [1.165, 1.54) is 0 Å². The highest BCUT2D eigenvalue weighted by Gasteiger charge is 2.34. The maximum absolute atomic E-state index is 12.7. The summed E-state index contributed by atoms with van der Waals surface area (Å²) in [5, 5.41) is 0. The van der Waals surface area contributed by atoms with Gasteiger partial charge in [-0.05, 0) is 49.3 Å². The summed E-state index contributed by atoms with van der Waals surface area (Å²) in [6.07, 6.45) is 5.23. The number of nitrogens with zero attached hydrogens (tertiary/aromatic N) is 1. The molecule has 1 heterocycles. The average Bonchev–Trinajstić information content (AvgIpc) is 2.51. The Morgan fingerprint density at radius 2 is 1.86 bits per heavy atom. The number of hydrogen-bond donors (Lipinski definition) is 0. The van der Waals surface area contributed by atoms with Crippen molar-refractivity contribution in [2.24, 2.45) is 4.99 Å². The number of aliphatic imine (C=N–C) groups is 1. The molecule has 0 amide bonds. The number of carbonyl (C=O) groups excluding carboxylic acids is 1. The van der Waals surface area contributed by atoms with Gasteiger partial charge in [0.2, 0.25) is 5.79 Å². The fraction of sp³-hybridized carbons (Fsp3) is 0.294. The fourth-order valence-corrected chi connectivity index (χ4v) is 2.62. The Kier molecular flexibility index (Phi) is 3.15. The lowest BCUT2D eigenvalue weighted by molar-refractivity contribution is -0.133. The van der Waals surface area contributed by atoms with E-state index in [0.717, 1.165) is 16.8 Å². The molecule has 0 saturated carbocycles. The van der Waals surface area contributed by atoms with Crippen LogP contribution in [-0.4, -0.2) is 31.5 Å². The molecule has 108 valence electrons. The quantitative estimate of drug-likeness (QED) is 0.784. The molecule has 21 heavy (non-hydrogen) atoms. The number of carbonyl (C=O) groups is 1. The van der Waals surface area contributed by atoms with E-state index in [4.69, 9.17) is 9.47 Å². The van der Waals surface area contributed by atoms with Gasteiger partial charge in [0, 0.05) is 25.4 Å². The zero-order chi connectivity index (χ0) is 15.2. The predicted octanol–water partition coefficient (Wildman–Crippen LogP) is 3.06. The van der Waals surface area contributed by atoms with Crippen LogP contribution >= 0.6 is 0 Å². The molecular weight excluding hydrogens is 266 g/mol. The van der Waals surface area contributed by atoms with Gasteiger partial charge in [-0.25, -0.2) is 4.99 Å². The van der Waals surface area contributed by atoms with Crippen LogP contribution in [0.5, 0.6) is 0 Å². The van der Waals surface area contributed by atoms with E-state index in [0.29, 0.717) is 16.8 Å². The molecule has 0 bridgehead atoms. The molecule has 3 rings (SSSR count). The van der Waals surface area contributed by atoms with E-state index in [9.17, 15) is 4.79 Å². The van der Waals surface area contributed by atoms with Gasteiger partial charge in [0.15, 0.2) is 5.78 Å². The Morgan fingerprint density at radius 3 is 2.52 bits per heavy atom. The monoisotopic (exact) mass is 283 g/mol. The lowest BCUT2D eigenvalue weighted by Gasteiger charge is -2.29. The van der Waals surface area contributed by atoms with Gasteiger partial charge >= 0.3 is 0 Å². The molecule has 1 aliphatic heterocycles. The summed E-state index contributed by atoms with van der Waals surface area (Å²) in [5.74, 6) is -1.04. The number of rotatable bonds is 2. The summed E-state index contributed by atoms with van der Waals surface area (Å²) < 4.78 is 10.7. The third-order valence-corrected chi connectivity index (χ3v) is 4.16. The van der Waals surface area contributed by atoms with Crippen molar-refractivity contribution in [1.82, 2.24) is 0 Å². The zero-order valence-corrected chi connectivity index (χ0v) is 12.6. The Labute approximate surface area is 123 Å². The Balaban J connectivity index is 2.20. The standard InChI is InChI=1S/C17H17NO3/c1-10-5-6-12-15(11(10)2)18-14-7-8-17(20-3,21-4)9-13(14)16(12)19/h5-9H,1-4H3. The topological polar surface area (TPSA) is 47.9 Å².